The molecule has 0 aliphatic rings. The molecular formula is C15H12ClNO2S. The molecule has 5 heteroatoms. The first-order valence-corrected chi connectivity index (χ1v) is 7.44. The van der Waals surface area contributed by atoms with Gasteiger partial charge in [0.25, 0.3) is 5.91 Å². The van der Waals surface area contributed by atoms with E-state index in [0.29, 0.717) is 10.6 Å². The number of nitrogens with one attached hydrogen (secondary N) is 1. The summed E-state index contributed by atoms with van der Waals surface area (Å²) in [7, 11) is -1.61. The summed E-state index contributed by atoms with van der Waals surface area (Å²) in [5.74, 6) is -0.478. The van der Waals surface area contributed by atoms with Crippen molar-refractivity contribution in [3.63, 3.8) is 0 Å². The van der Waals surface area contributed by atoms with E-state index < -0.39 is 16.7 Å². The van der Waals surface area contributed by atoms with Crippen molar-refractivity contribution in [2.45, 2.75) is 4.90 Å². The quantitative estimate of drug-likeness (QED) is 0.879. The molecule has 0 spiro atoms. The SMILES string of the molecule is O=C(Nc1ccccc1)/C(=C/Cl)S(=O)c1ccccc1. The third-order valence-corrected chi connectivity index (χ3v) is 4.26. The Morgan fingerprint density at radius 3 is 2.10 bits per heavy atom. The zero-order valence-electron chi connectivity index (χ0n) is 10.5. The molecule has 1 atom stereocenters. The lowest BCUT2D eigenvalue weighted by molar-refractivity contribution is -0.112. The molecule has 0 fully saturated rings. The first-order valence-electron chi connectivity index (χ1n) is 5.86. The van der Waals surface area contributed by atoms with E-state index in [0.717, 1.165) is 5.54 Å². The minimum Gasteiger partial charge on any atom is -0.321 e. The summed E-state index contributed by atoms with van der Waals surface area (Å²) < 4.78 is 12.3. The maximum atomic E-state index is 12.3. The number of para-hydroxylation sites is 1. The average Bonchev–Trinajstić information content (AvgIpc) is 2.49. The highest BCUT2D eigenvalue weighted by Gasteiger charge is 2.18. The third kappa shape index (κ3) is 3.56. The van der Waals surface area contributed by atoms with E-state index in [1.807, 2.05) is 12.1 Å². The summed E-state index contributed by atoms with van der Waals surface area (Å²) in [6, 6.07) is 17.6. The van der Waals surface area contributed by atoms with Gasteiger partial charge in [0, 0.05) is 16.1 Å². The van der Waals surface area contributed by atoms with E-state index in [4.69, 9.17) is 11.6 Å². The molecule has 2 aromatic rings. The van der Waals surface area contributed by atoms with Crippen LogP contribution in [0.1, 0.15) is 0 Å². The Bertz CT molecular complexity index is 641. The van der Waals surface area contributed by atoms with Gasteiger partial charge in [-0.25, -0.2) is 4.21 Å². The fourth-order valence-electron chi connectivity index (χ4n) is 1.56. The van der Waals surface area contributed by atoms with Crippen LogP contribution in [-0.4, -0.2) is 10.1 Å². The second-order valence-electron chi connectivity index (χ2n) is 3.88. The molecule has 0 saturated carbocycles. The molecular weight excluding hydrogens is 294 g/mol. The number of amides is 1. The molecule has 20 heavy (non-hydrogen) atoms. The van der Waals surface area contributed by atoms with Crippen molar-refractivity contribution in [2.24, 2.45) is 0 Å². The predicted molar refractivity (Wildman–Crippen MR) is 81.9 cm³/mol. The second-order valence-corrected chi connectivity index (χ2v) is 5.54. The van der Waals surface area contributed by atoms with E-state index in [1.54, 1.807) is 48.5 Å². The lowest BCUT2D eigenvalue weighted by Gasteiger charge is -2.08. The summed E-state index contributed by atoms with van der Waals surface area (Å²) in [5, 5.41) is 2.66. The van der Waals surface area contributed by atoms with Gasteiger partial charge in [-0.3, -0.25) is 4.79 Å². The van der Waals surface area contributed by atoms with Crippen LogP contribution in [0.2, 0.25) is 0 Å². The molecule has 0 heterocycles. The summed E-state index contributed by atoms with van der Waals surface area (Å²) in [6.45, 7) is 0. The molecule has 0 aliphatic heterocycles. The number of anilines is 1. The highest BCUT2D eigenvalue weighted by atomic mass is 35.5. The third-order valence-electron chi connectivity index (χ3n) is 2.51. The van der Waals surface area contributed by atoms with E-state index in [9.17, 15) is 9.00 Å². The number of rotatable bonds is 4. The molecule has 1 N–H and O–H groups in total. The predicted octanol–water partition coefficient (Wildman–Crippen LogP) is 3.51. The van der Waals surface area contributed by atoms with Crippen LogP contribution in [0.25, 0.3) is 0 Å². The molecule has 3 nitrogen and oxygen atoms in total. The molecule has 2 aromatic carbocycles. The first kappa shape index (κ1) is 14.5. The van der Waals surface area contributed by atoms with Crippen LogP contribution < -0.4 is 5.32 Å². The Balaban J connectivity index is 2.17. The maximum Gasteiger partial charge on any atom is 0.265 e. The Hall–Kier alpha value is -1.91. The Morgan fingerprint density at radius 1 is 1.00 bits per heavy atom. The van der Waals surface area contributed by atoms with Crippen molar-refractivity contribution >= 4 is 34.0 Å². The van der Waals surface area contributed by atoms with Gasteiger partial charge in [-0.2, -0.15) is 0 Å². The number of halogens is 1. The van der Waals surface area contributed by atoms with Gasteiger partial charge in [0.05, 0.1) is 10.8 Å². The van der Waals surface area contributed by atoms with Crippen molar-refractivity contribution in [1.29, 1.82) is 0 Å². The molecule has 2 rings (SSSR count). The fraction of sp³-hybridized carbons (Fsp3) is 0. The molecule has 1 unspecified atom stereocenters. The number of benzene rings is 2. The van der Waals surface area contributed by atoms with Crippen molar-refractivity contribution in [3.05, 3.63) is 71.1 Å². The Labute approximate surface area is 124 Å². The summed E-state index contributed by atoms with van der Waals surface area (Å²) in [5.41, 5.74) is 1.68. The minimum atomic E-state index is -1.61. The maximum absolute atomic E-state index is 12.3. The highest BCUT2D eigenvalue weighted by Crippen LogP contribution is 2.17. The lowest BCUT2D eigenvalue weighted by atomic mass is 10.3. The summed E-state index contributed by atoms with van der Waals surface area (Å²) in [4.78, 5) is 12.6. The van der Waals surface area contributed by atoms with Gasteiger partial charge in [-0.05, 0) is 24.3 Å². The van der Waals surface area contributed by atoms with E-state index in [1.165, 1.54) is 0 Å². The number of carbonyl (C=O) groups excluding carboxylic acids is 1. The topological polar surface area (TPSA) is 46.2 Å². The van der Waals surface area contributed by atoms with E-state index in [2.05, 4.69) is 5.32 Å². The van der Waals surface area contributed by atoms with Crippen LogP contribution in [0.4, 0.5) is 5.69 Å². The number of carbonyl (C=O) groups is 1. The molecule has 0 saturated heterocycles. The highest BCUT2D eigenvalue weighted by molar-refractivity contribution is 7.90. The van der Waals surface area contributed by atoms with Gasteiger partial charge in [-0.1, -0.05) is 48.0 Å². The molecule has 0 aliphatic carbocycles. The lowest BCUT2D eigenvalue weighted by Crippen LogP contribution is -2.17. The van der Waals surface area contributed by atoms with E-state index in [-0.39, 0.29) is 4.91 Å². The number of hydrogen-bond donors (Lipinski definition) is 1. The van der Waals surface area contributed by atoms with Crippen molar-refractivity contribution in [1.82, 2.24) is 0 Å². The van der Waals surface area contributed by atoms with Crippen molar-refractivity contribution in [2.75, 3.05) is 5.32 Å². The summed E-state index contributed by atoms with van der Waals surface area (Å²) >= 11 is 5.66. The fourth-order valence-corrected chi connectivity index (χ4v) is 2.86. The first-order chi connectivity index (χ1) is 9.72. The molecule has 102 valence electrons. The second kappa shape index (κ2) is 7.03. The van der Waals surface area contributed by atoms with Crippen LogP contribution in [0.15, 0.2) is 76.0 Å². The van der Waals surface area contributed by atoms with Gasteiger partial charge in [0.15, 0.2) is 0 Å². The molecule has 1 amide bonds. The molecule has 0 radical (unpaired) electrons. The van der Waals surface area contributed by atoms with E-state index >= 15 is 0 Å². The summed E-state index contributed by atoms with van der Waals surface area (Å²) in [6.07, 6.45) is 0. The van der Waals surface area contributed by atoms with Crippen LogP contribution >= 0.6 is 11.6 Å². The number of hydrogen-bond acceptors (Lipinski definition) is 2. The molecule has 0 bridgehead atoms. The van der Waals surface area contributed by atoms with Crippen LogP contribution in [0.5, 0.6) is 0 Å². The van der Waals surface area contributed by atoms with Crippen LogP contribution in [0, 0.1) is 0 Å². The van der Waals surface area contributed by atoms with Crippen LogP contribution in [0.3, 0.4) is 0 Å². The standard InChI is InChI=1S/C15H12ClNO2S/c16-11-14(20(19)13-9-5-2-6-10-13)15(18)17-12-7-3-1-4-8-12/h1-11H,(H,17,18)/b14-11-. The van der Waals surface area contributed by atoms with Crippen molar-refractivity contribution in [3.8, 4) is 0 Å². The van der Waals surface area contributed by atoms with Gasteiger partial charge in [-0.15, -0.1) is 0 Å². The van der Waals surface area contributed by atoms with Crippen molar-refractivity contribution < 1.29 is 9.00 Å². The zero-order valence-corrected chi connectivity index (χ0v) is 12.0. The van der Waals surface area contributed by atoms with Gasteiger partial charge in [0.2, 0.25) is 0 Å². The Morgan fingerprint density at radius 2 is 1.55 bits per heavy atom. The smallest absolute Gasteiger partial charge is 0.265 e. The van der Waals surface area contributed by atoms with Gasteiger partial charge < -0.3 is 5.32 Å². The zero-order chi connectivity index (χ0) is 14.4. The molecule has 0 aromatic heterocycles. The Kier molecular flexibility index (Phi) is 5.09. The van der Waals surface area contributed by atoms with Gasteiger partial charge >= 0.3 is 0 Å². The monoisotopic (exact) mass is 305 g/mol. The van der Waals surface area contributed by atoms with Gasteiger partial charge in [0.1, 0.15) is 4.91 Å². The largest absolute Gasteiger partial charge is 0.321 e. The van der Waals surface area contributed by atoms with Crippen LogP contribution in [-0.2, 0) is 15.6 Å². The normalized spacial score (nSPS) is 12.8. The minimum absolute atomic E-state index is 0.0155. The average molecular weight is 306 g/mol.